The van der Waals surface area contributed by atoms with E-state index in [4.69, 9.17) is 18.9 Å². The van der Waals surface area contributed by atoms with E-state index in [0.29, 0.717) is 41.9 Å². The summed E-state index contributed by atoms with van der Waals surface area (Å²) in [6.45, 7) is 6.03. The molecule has 0 bridgehead atoms. The fourth-order valence-electron chi connectivity index (χ4n) is 4.86. The van der Waals surface area contributed by atoms with E-state index < -0.39 is 0 Å². The molecule has 1 aliphatic heterocycles. The normalized spacial score (nSPS) is 16.1. The van der Waals surface area contributed by atoms with Gasteiger partial charge in [-0.05, 0) is 50.4 Å². The topological polar surface area (TPSA) is 60.5 Å². The van der Waals surface area contributed by atoms with Crippen molar-refractivity contribution in [2.75, 3.05) is 61.2 Å². The van der Waals surface area contributed by atoms with E-state index in [2.05, 4.69) is 30.0 Å². The number of rotatable bonds is 13. The summed E-state index contributed by atoms with van der Waals surface area (Å²) in [5, 5.41) is 0. The largest absolute Gasteiger partial charge is 0.493 e. The molecule has 0 spiro atoms. The molecule has 1 atom stereocenters. The van der Waals surface area contributed by atoms with Crippen LogP contribution in [0.4, 0.5) is 0 Å². The van der Waals surface area contributed by atoms with Crippen molar-refractivity contribution < 1.29 is 23.7 Å². The lowest BCUT2D eigenvalue weighted by Gasteiger charge is -2.27. The van der Waals surface area contributed by atoms with Gasteiger partial charge in [0, 0.05) is 38.3 Å². The van der Waals surface area contributed by atoms with Gasteiger partial charge in [-0.15, -0.1) is 0 Å². The van der Waals surface area contributed by atoms with Crippen molar-refractivity contribution in [3.63, 3.8) is 0 Å². The van der Waals surface area contributed by atoms with E-state index in [1.165, 1.54) is 12.8 Å². The summed E-state index contributed by atoms with van der Waals surface area (Å²) >= 11 is 0. The van der Waals surface area contributed by atoms with E-state index in [1.807, 2.05) is 23.1 Å². The summed E-state index contributed by atoms with van der Waals surface area (Å²) in [5.74, 6) is 1.35. The van der Waals surface area contributed by atoms with Crippen LogP contribution in [0.15, 0.2) is 48.0 Å². The van der Waals surface area contributed by atoms with Gasteiger partial charge in [-0.1, -0.05) is 42.0 Å². The second kappa shape index (κ2) is 13.9. The molecule has 1 heterocycles. The van der Waals surface area contributed by atoms with E-state index >= 15 is 0 Å². The van der Waals surface area contributed by atoms with Crippen LogP contribution in [0.25, 0.3) is 6.08 Å². The number of nitrogens with zero attached hydrogens (tertiary/aromatic N) is 2. The first-order chi connectivity index (χ1) is 17.5. The van der Waals surface area contributed by atoms with E-state index in [-0.39, 0.29) is 5.91 Å². The Balaban J connectivity index is 1.81. The standard InChI is InChI=1S/C29H40N2O5/c1-22(17-23-11-7-6-8-12-23)20-31(16-10-15-30-14-9-13-25(30)21-33-2)29(32)24-18-26(34-3)28(36-5)27(19-24)35-4/h6-8,11-12,17-19,25H,9-10,13-16,20-21H2,1-5H3/b22-17+. The lowest BCUT2D eigenvalue weighted by molar-refractivity contribution is 0.0752. The molecule has 1 amide bonds. The molecule has 0 radical (unpaired) electrons. The lowest BCUT2D eigenvalue weighted by atomic mass is 10.1. The molecule has 2 aromatic carbocycles. The average Bonchev–Trinajstić information content (AvgIpc) is 3.34. The zero-order chi connectivity index (χ0) is 25.9. The van der Waals surface area contributed by atoms with Crippen LogP contribution >= 0.6 is 0 Å². The number of hydrogen-bond acceptors (Lipinski definition) is 6. The number of benzene rings is 2. The fraction of sp³-hybridized carbons (Fsp3) is 0.483. The van der Waals surface area contributed by atoms with Gasteiger partial charge in [0.05, 0.1) is 27.9 Å². The number of ether oxygens (including phenoxy) is 4. The first-order valence-corrected chi connectivity index (χ1v) is 12.5. The van der Waals surface area contributed by atoms with Crippen LogP contribution in [-0.2, 0) is 4.74 Å². The highest BCUT2D eigenvalue weighted by molar-refractivity contribution is 5.96. The predicted octanol–water partition coefficient (Wildman–Crippen LogP) is 4.76. The molecule has 0 N–H and O–H groups in total. The predicted molar refractivity (Wildman–Crippen MR) is 143 cm³/mol. The van der Waals surface area contributed by atoms with Gasteiger partial charge in [-0.3, -0.25) is 9.69 Å². The molecule has 7 heteroatoms. The van der Waals surface area contributed by atoms with Crippen LogP contribution < -0.4 is 14.2 Å². The molecule has 1 saturated heterocycles. The average molecular weight is 497 g/mol. The molecule has 1 aliphatic rings. The smallest absolute Gasteiger partial charge is 0.254 e. The maximum Gasteiger partial charge on any atom is 0.254 e. The van der Waals surface area contributed by atoms with Crippen molar-refractivity contribution in [1.82, 2.24) is 9.80 Å². The number of hydrogen-bond donors (Lipinski definition) is 0. The first kappa shape index (κ1) is 27.6. The minimum Gasteiger partial charge on any atom is -0.493 e. The first-order valence-electron chi connectivity index (χ1n) is 12.5. The maximum atomic E-state index is 13.8. The van der Waals surface area contributed by atoms with Gasteiger partial charge in [0.1, 0.15) is 0 Å². The van der Waals surface area contributed by atoms with Crippen LogP contribution in [0, 0.1) is 0 Å². The molecular formula is C29H40N2O5. The van der Waals surface area contributed by atoms with Gasteiger partial charge in [0.15, 0.2) is 11.5 Å². The quantitative estimate of drug-likeness (QED) is 0.399. The summed E-state index contributed by atoms with van der Waals surface area (Å²) in [6, 6.07) is 14.1. The molecule has 0 saturated carbocycles. The molecule has 1 unspecified atom stereocenters. The Morgan fingerprint density at radius 1 is 1.06 bits per heavy atom. The molecule has 2 aromatic rings. The third-order valence-electron chi connectivity index (χ3n) is 6.58. The van der Waals surface area contributed by atoms with Crippen molar-refractivity contribution in [1.29, 1.82) is 0 Å². The van der Waals surface area contributed by atoms with Crippen LogP contribution in [0.2, 0.25) is 0 Å². The Kier molecular flexibility index (Phi) is 10.6. The van der Waals surface area contributed by atoms with Gasteiger partial charge in [-0.25, -0.2) is 0 Å². The van der Waals surface area contributed by atoms with Crippen LogP contribution in [0.3, 0.4) is 0 Å². The van der Waals surface area contributed by atoms with E-state index in [0.717, 1.165) is 37.3 Å². The number of methoxy groups -OCH3 is 4. The van der Waals surface area contributed by atoms with Crippen molar-refractivity contribution in [3.05, 3.63) is 59.2 Å². The second-order valence-corrected chi connectivity index (χ2v) is 9.18. The number of carbonyl (C=O) groups excluding carboxylic acids is 1. The summed E-state index contributed by atoms with van der Waals surface area (Å²) in [5.41, 5.74) is 2.74. The van der Waals surface area contributed by atoms with Crippen LogP contribution in [0.5, 0.6) is 17.2 Å². The third-order valence-corrected chi connectivity index (χ3v) is 6.58. The molecule has 36 heavy (non-hydrogen) atoms. The van der Waals surface area contributed by atoms with E-state index in [9.17, 15) is 4.79 Å². The Morgan fingerprint density at radius 3 is 2.36 bits per heavy atom. The van der Waals surface area contributed by atoms with Crippen LogP contribution in [0.1, 0.15) is 42.1 Å². The Hall–Kier alpha value is -3.03. The van der Waals surface area contributed by atoms with Gasteiger partial charge in [0.2, 0.25) is 5.75 Å². The zero-order valence-electron chi connectivity index (χ0n) is 22.3. The van der Waals surface area contributed by atoms with Gasteiger partial charge >= 0.3 is 0 Å². The van der Waals surface area contributed by atoms with Gasteiger partial charge < -0.3 is 23.8 Å². The minimum atomic E-state index is -0.0649. The van der Waals surface area contributed by atoms with Crippen molar-refractivity contribution >= 4 is 12.0 Å². The van der Waals surface area contributed by atoms with Crippen molar-refractivity contribution in [2.24, 2.45) is 0 Å². The SMILES string of the molecule is COCC1CCCN1CCCN(C/C(C)=C/c1ccccc1)C(=O)c1cc(OC)c(OC)c(OC)c1. The monoisotopic (exact) mass is 496 g/mol. The highest BCUT2D eigenvalue weighted by atomic mass is 16.5. The molecule has 0 aromatic heterocycles. The number of carbonyl (C=O) groups is 1. The Bertz CT molecular complexity index is 983. The van der Waals surface area contributed by atoms with Gasteiger partial charge in [-0.2, -0.15) is 0 Å². The lowest BCUT2D eigenvalue weighted by Crippen LogP contribution is -2.38. The molecule has 7 nitrogen and oxygen atoms in total. The zero-order valence-corrected chi connectivity index (χ0v) is 22.3. The summed E-state index contributed by atoms with van der Waals surface area (Å²) in [7, 11) is 6.43. The van der Waals surface area contributed by atoms with Crippen molar-refractivity contribution in [3.8, 4) is 17.2 Å². The maximum absolute atomic E-state index is 13.8. The minimum absolute atomic E-state index is 0.0649. The second-order valence-electron chi connectivity index (χ2n) is 9.18. The van der Waals surface area contributed by atoms with E-state index in [1.54, 1.807) is 40.6 Å². The summed E-state index contributed by atoms with van der Waals surface area (Å²) in [6.07, 6.45) is 5.38. The summed E-state index contributed by atoms with van der Waals surface area (Å²) < 4.78 is 21.8. The number of likely N-dealkylation sites (tertiary alicyclic amines) is 1. The Labute approximate surface area is 215 Å². The fourth-order valence-corrected chi connectivity index (χ4v) is 4.86. The number of amides is 1. The highest BCUT2D eigenvalue weighted by Gasteiger charge is 2.25. The summed E-state index contributed by atoms with van der Waals surface area (Å²) in [4.78, 5) is 18.2. The van der Waals surface area contributed by atoms with Crippen molar-refractivity contribution in [2.45, 2.75) is 32.2 Å². The molecule has 196 valence electrons. The molecule has 3 rings (SSSR count). The molecule has 1 fully saturated rings. The highest BCUT2D eigenvalue weighted by Crippen LogP contribution is 2.38. The molecule has 0 aliphatic carbocycles. The molecular weight excluding hydrogens is 456 g/mol. The Morgan fingerprint density at radius 2 is 1.75 bits per heavy atom. The van der Waals surface area contributed by atoms with Gasteiger partial charge in [0.25, 0.3) is 5.91 Å². The third kappa shape index (κ3) is 7.24. The van der Waals surface area contributed by atoms with Crippen LogP contribution in [-0.4, -0.2) is 83.0 Å².